The van der Waals surface area contributed by atoms with Crippen LogP contribution < -0.4 is 15.8 Å². The topological polar surface area (TPSA) is 64.3 Å². The van der Waals surface area contributed by atoms with Gasteiger partial charge in [-0.3, -0.25) is 4.79 Å². The number of unbranched alkanes of at least 4 members (excludes halogenated alkanes) is 1. The SMILES string of the molecule is CCCCNC(=O)COc1ccc([C@@H](C)N)cc1C. The first-order valence-corrected chi connectivity index (χ1v) is 6.80. The molecule has 0 heterocycles. The van der Waals surface area contributed by atoms with Crippen molar-refractivity contribution in [1.29, 1.82) is 0 Å². The fourth-order valence-corrected chi connectivity index (χ4v) is 1.72. The first-order chi connectivity index (χ1) is 9.04. The molecule has 106 valence electrons. The zero-order valence-corrected chi connectivity index (χ0v) is 12.0. The van der Waals surface area contributed by atoms with Crippen molar-refractivity contribution in [2.24, 2.45) is 5.73 Å². The largest absolute Gasteiger partial charge is 0.484 e. The van der Waals surface area contributed by atoms with Gasteiger partial charge in [-0.1, -0.05) is 25.5 Å². The van der Waals surface area contributed by atoms with Crippen LogP contribution in [0.5, 0.6) is 5.75 Å². The van der Waals surface area contributed by atoms with Gasteiger partial charge in [0.2, 0.25) is 0 Å². The van der Waals surface area contributed by atoms with Gasteiger partial charge in [-0.25, -0.2) is 0 Å². The molecule has 0 aromatic heterocycles. The Morgan fingerprint density at radius 1 is 1.47 bits per heavy atom. The summed E-state index contributed by atoms with van der Waals surface area (Å²) < 4.78 is 5.51. The summed E-state index contributed by atoms with van der Waals surface area (Å²) in [4.78, 5) is 11.5. The van der Waals surface area contributed by atoms with Crippen molar-refractivity contribution in [2.75, 3.05) is 13.2 Å². The van der Waals surface area contributed by atoms with E-state index in [-0.39, 0.29) is 18.6 Å². The summed E-state index contributed by atoms with van der Waals surface area (Å²) in [5.41, 5.74) is 7.88. The Morgan fingerprint density at radius 2 is 2.21 bits per heavy atom. The molecule has 0 radical (unpaired) electrons. The highest BCUT2D eigenvalue weighted by Gasteiger charge is 2.06. The van der Waals surface area contributed by atoms with Gasteiger partial charge in [-0.15, -0.1) is 0 Å². The smallest absolute Gasteiger partial charge is 0.257 e. The average Bonchev–Trinajstić information content (AvgIpc) is 2.37. The molecule has 0 unspecified atom stereocenters. The van der Waals surface area contributed by atoms with Crippen LogP contribution in [0.3, 0.4) is 0 Å². The normalized spacial score (nSPS) is 12.0. The maximum absolute atomic E-state index is 11.5. The Balaban J connectivity index is 2.47. The molecule has 3 N–H and O–H groups in total. The lowest BCUT2D eigenvalue weighted by molar-refractivity contribution is -0.123. The second kappa shape index (κ2) is 7.79. The van der Waals surface area contributed by atoms with Crippen LogP contribution in [0.15, 0.2) is 18.2 Å². The molecule has 0 aliphatic carbocycles. The molecule has 1 amide bonds. The molecule has 0 spiro atoms. The molecule has 1 rings (SSSR count). The van der Waals surface area contributed by atoms with E-state index < -0.39 is 0 Å². The maximum Gasteiger partial charge on any atom is 0.257 e. The number of carbonyl (C=O) groups excluding carboxylic acids is 1. The molecule has 0 saturated heterocycles. The van der Waals surface area contributed by atoms with Crippen LogP contribution in [0.4, 0.5) is 0 Å². The van der Waals surface area contributed by atoms with Gasteiger partial charge in [0, 0.05) is 12.6 Å². The third-order valence-electron chi connectivity index (χ3n) is 2.94. The van der Waals surface area contributed by atoms with Gasteiger partial charge in [0.1, 0.15) is 5.75 Å². The van der Waals surface area contributed by atoms with Crippen molar-refractivity contribution in [3.05, 3.63) is 29.3 Å². The summed E-state index contributed by atoms with van der Waals surface area (Å²) in [7, 11) is 0. The highest BCUT2D eigenvalue weighted by molar-refractivity contribution is 5.77. The summed E-state index contributed by atoms with van der Waals surface area (Å²) in [6.07, 6.45) is 2.06. The maximum atomic E-state index is 11.5. The van der Waals surface area contributed by atoms with Crippen LogP contribution in [0.2, 0.25) is 0 Å². The Hall–Kier alpha value is -1.55. The molecule has 0 bridgehead atoms. The van der Waals surface area contributed by atoms with Crippen LogP contribution in [0, 0.1) is 6.92 Å². The Kier molecular flexibility index (Phi) is 6.36. The number of rotatable bonds is 7. The summed E-state index contributed by atoms with van der Waals surface area (Å²) >= 11 is 0. The van der Waals surface area contributed by atoms with E-state index in [0.29, 0.717) is 6.54 Å². The van der Waals surface area contributed by atoms with Gasteiger partial charge in [0.25, 0.3) is 5.91 Å². The fourth-order valence-electron chi connectivity index (χ4n) is 1.72. The number of nitrogens with two attached hydrogens (primary N) is 1. The highest BCUT2D eigenvalue weighted by Crippen LogP contribution is 2.21. The molecular formula is C15H24N2O2. The first kappa shape index (κ1) is 15.5. The number of nitrogens with one attached hydrogen (secondary N) is 1. The number of ether oxygens (including phenoxy) is 1. The third kappa shape index (κ3) is 5.30. The molecular weight excluding hydrogens is 240 g/mol. The number of carbonyl (C=O) groups is 1. The number of benzene rings is 1. The Bertz CT molecular complexity index is 417. The minimum Gasteiger partial charge on any atom is -0.484 e. The van der Waals surface area contributed by atoms with Crippen molar-refractivity contribution >= 4 is 5.91 Å². The van der Waals surface area contributed by atoms with E-state index in [1.165, 1.54) is 0 Å². The van der Waals surface area contributed by atoms with E-state index in [4.69, 9.17) is 10.5 Å². The molecule has 0 aliphatic rings. The molecule has 4 heteroatoms. The van der Waals surface area contributed by atoms with Gasteiger partial charge < -0.3 is 15.8 Å². The summed E-state index contributed by atoms with van der Waals surface area (Å²) in [5, 5.41) is 2.82. The van der Waals surface area contributed by atoms with Gasteiger partial charge in [0.15, 0.2) is 6.61 Å². The molecule has 1 atom stereocenters. The van der Waals surface area contributed by atoms with E-state index in [2.05, 4.69) is 12.2 Å². The minimum absolute atomic E-state index is 0.00472. The van der Waals surface area contributed by atoms with Crippen LogP contribution in [0.25, 0.3) is 0 Å². The predicted molar refractivity (Wildman–Crippen MR) is 77.2 cm³/mol. The van der Waals surface area contributed by atoms with Crippen LogP contribution in [0.1, 0.15) is 43.9 Å². The van der Waals surface area contributed by atoms with E-state index in [1.54, 1.807) is 0 Å². The van der Waals surface area contributed by atoms with Crippen molar-refractivity contribution in [3.63, 3.8) is 0 Å². The van der Waals surface area contributed by atoms with Crippen LogP contribution in [-0.2, 0) is 4.79 Å². The van der Waals surface area contributed by atoms with Crippen LogP contribution >= 0.6 is 0 Å². The van der Waals surface area contributed by atoms with E-state index >= 15 is 0 Å². The van der Waals surface area contributed by atoms with Gasteiger partial charge in [-0.05, 0) is 37.5 Å². The van der Waals surface area contributed by atoms with Gasteiger partial charge in [-0.2, -0.15) is 0 Å². The second-order valence-electron chi connectivity index (χ2n) is 4.81. The number of amides is 1. The quantitative estimate of drug-likeness (QED) is 0.743. The molecule has 0 aliphatic heterocycles. The molecule has 1 aromatic carbocycles. The lowest BCUT2D eigenvalue weighted by Gasteiger charge is -2.12. The van der Waals surface area contributed by atoms with E-state index in [1.807, 2.05) is 32.0 Å². The zero-order valence-electron chi connectivity index (χ0n) is 12.0. The average molecular weight is 264 g/mol. The number of hydrogen-bond acceptors (Lipinski definition) is 3. The monoisotopic (exact) mass is 264 g/mol. The van der Waals surface area contributed by atoms with Crippen molar-refractivity contribution in [3.8, 4) is 5.75 Å². The van der Waals surface area contributed by atoms with E-state index in [0.717, 1.165) is 29.7 Å². The number of hydrogen-bond donors (Lipinski definition) is 2. The lowest BCUT2D eigenvalue weighted by atomic mass is 10.1. The van der Waals surface area contributed by atoms with Crippen molar-refractivity contribution < 1.29 is 9.53 Å². The second-order valence-corrected chi connectivity index (χ2v) is 4.81. The zero-order chi connectivity index (χ0) is 14.3. The van der Waals surface area contributed by atoms with Gasteiger partial charge >= 0.3 is 0 Å². The molecule has 0 fully saturated rings. The highest BCUT2D eigenvalue weighted by atomic mass is 16.5. The molecule has 4 nitrogen and oxygen atoms in total. The lowest BCUT2D eigenvalue weighted by Crippen LogP contribution is -2.29. The molecule has 19 heavy (non-hydrogen) atoms. The fraction of sp³-hybridized carbons (Fsp3) is 0.533. The Morgan fingerprint density at radius 3 is 2.79 bits per heavy atom. The molecule has 0 saturated carbocycles. The first-order valence-electron chi connectivity index (χ1n) is 6.80. The standard InChI is InChI=1S/C15H24N2O2/c1-4-5-8-17-15(18)10-19-14-7-6-13(12(3)16)9-11(14)2/h6-7,9,12H,4-5,8,10,16H2,1-3H3,(H,17,18)/t12-/m1/s1. The third-order valence-corrected chi connectivity index (χ3v) is 2.94. The summed E-state index contributed by atoms with van der Waals surface area (Å²) in [5.74, 6) is 0.652. The van der Waals surface area contributed by atoms with Gasteiger partial charge in [0.05, 0.1) is 0 Å². The Labute approximate surface area is 115 Å². The van der Waals surface area contributed by atoms with Crippen molar-refractivity contribution in [1.82, 2.24) is 5.32 Å². The number of aryl methyl sites for hydroxylation is 1. The van der Waals surface area contributed by atoms with Crippen molar-refractivity contribution in [2.45, 2.75) is 39.7 Å². The minimum atomic E-state index is -0.0795. The molecule has 1 aromatic rings. The summed E-state index contributed by atoms with van der Waals surface area (Å²) in [6.45, 7) is 6.75. The van der Waals surface area contributed by atoms with E-state index in [9.17, 15) is 4.79 Å². The van der Waals surface area contributed by atoms with Crippen LogP contribution in [-0.4, -0.2) is 19.1 Å². The summed E-state index contributed by atoms with van der Waals surface area (Å²) in [6, 6.07) is 5.80. The predicted octanol–water partition coefficient (Wildman–Crippen LogP) is 2.31.